The molecule has 0 atom stereocenters. The van der Waals surface area contributed by atoms with Crippen LogP contribution in [-0.4, -0.2) is 16.0 Å². The minimum atomic E-state index is -0.218. The average molecular weight is 261 g/mol. The molecule has 0 fully saturated rings. The van der Waals surface area contributed by atoms with E-state index < -0.39 is 0 Å². The number of hydrogen-bond acceptors (Lipinski definition) is 6. The highest BCUT2D eigenvalue weighted by molar-refractivity contribution is 5.94. The summed E-state index contributed by atoms with van der Waals surface area (Å²) in [6.45, 7) is 2.24. The molecule has 0 bridgehead atoms. The van der Waals surface area contributed by atoms with Gasteiger partial charge in [-0.3, -0.25) is 4.79 Å². The third-order valence-electron chi connectivity index (χ3n) is 2.57. The van der Waals surface area contributed by atoms with Crippen LogP contribution in [0.25, 0.3) is 0 Å². The Bertz CT molecular complexity index is 531. The molecule has 0 aliphatic rings. The van der Waals surface area contributed by atoms with Gasteiger partial charge in [-0.1, -0.05) is 12.1 Å². The molecule has 1 amide bonds. The van der Waals surface area contributed by atoms with Crippen molar-refractivity contribution in [2.75, 3.05) is 5.43 Å². The van der Waals surface area contributed by atoms with Crippen LogP contribution in [0.5, 0.6) is 0 Å². The van der Waals surface area contributed by atoms with Gasteiger partial charge in [0.05, 0.1) is 12.7 Å². The van der Waals surface area contributed by atoms with E-state index in [1.807, 2.05) is 6.92 Å². The lowest BCUT2D eigenvalue weighted by molar-refractivity contribution is 0.0947. The van der Waals surface area contributed by atoms with Crippen molar-refractivity contribution < 1.29 is 9.32 Å². The van der Waals surface area contributed by atoms with Crippen LogP contribution >= 0.6 is 0 Å². The second-order valence-electron chi connectivity index (χ2n) is 3.89. The number of carbonyl (C=O) groups is 1. The van der Waals surface area contributed by atoms with E-state index in [1.54, 1.807) is 18.2 Å². The molecule has 2 rings (SSSR count). The highest BCUT2D eigenvalue weighted by atomic mass is 16.5. The van der Waals surface area contributed by atoms with Crippen LogP contribution < -0.4 is 16.6 Å². The van der Waals surface area contributed by atoms with Gasteiger partial charge in [-0.15, -0.1) is 0 Å². The molecule has 4 N–H and O–H groups in total. The molecule has 7 nitrogen and oxygen atoms in total. The minimum absolute atomic E-state index is 0.218. The first-order chi connectivity index (χ1) is 9.22. The summed E-state index contributed by atoms with van der Waals surface area (Å²) in [6.07, 6.45) is 2.25. The number of amides is 1. The molecular formula is C12H15N5O2. The zero-order chi connectivity index (χ0) is 13.7. The highest BCUT2D eigenvalue weighted by Crippen LogP contribution is 2.10. The Labute approximate surface area is 110 Å². The summed E-state index contributed by atoms with van der Waals surface area (Å²) in [4.78, 5) is 16.2. The average Bonchev–Trinajstić information content (AvgIpc) is 2.97. The summed E-state index contributed by atoms with van der Waals surface area (Å²) >= 11 is 0. The molecule has 2 aromatic rings. The summed E-state index contributed by atoms with van der Waals surface area (Å²) in [5.74, 6) is 6.16. The van der Waals surface area contributed by atoms with E-state index in [9.17, 15) is 4.79 Å². The molecule has 0 aliphatic heterocycles. The molecule has 2 heterocycles. The van der Waals surface area contributed by atoms with Crippen molar-refractivity contribution in [3.05, 3.63) is 41.4 Å². The summed E-state index contributed by atoms with van der Waals surface area (Å²) in [6, 6.07) is 5.02. The van der Waals surface area contributed by atoms with E-state index >= 15 is 0 Å². The number of carbonyl (C=O) groups excluding carboxylic acids is 1. The maximum absolute atomic E-state index is 12.0. The van der Waals surface area contributed by atoms with Gasteiger partial charge in [0, 0.05) is 17.3 Å². The van der Waals surface area contributed by atoms with Crippen molar-refractivity contribution in [3.63, 3.8) is 0 Å². The standard InChI is InChI=1S/C12H15N5O2/c1-2-9-5-8(6-11(16-9)17-13)12(18)14-7-10-3-4-15-19-10/h3-6H,2,7,13H2,1H3,(H,14,18)(H,16,17). The second kappa shape index (κ2) is 5.96. The molecule has 19 heavy (non-hydrogen) atoms. The van der Waals surface area contributed by atoms with E-state index in [0.29, 0.717) is 17.1 Å². The zero-order valence-electron chi connectivity index (χ0n) is 10.5. The quantitative estimate of drug-likeness (QED) is 0.544. The summed E-state index contributed by atoms with van der Waals surface area (Å²) in [5, 5.41) is 6.30. The Balaban J connectivity index is 2.09. The van der Waals surface area contributed by atoms with Crippen molar-refractivity contribution in [1.29, 1.82) is 0 Å². The lowest BCUT2D eigenvalue weighted by atomic mass is 10.2. The van der Waals surface area contributed by atoms with Gasteiger partial charge in [0.1, 0.15) is 5.82 Å². The van der Waals surface area contributed by atoms with E-state index in [2.05, 4.69) is 20.9 Å². The topological polar surface area (TPSA) is 106 Å². The van der Waals surface area contributed by atoms with Gasteiger partial charge in [0.25, 0.3) is 5.91 Å². The normalized spacial score (nSPS) is 10.2. The summed E-state index contributed by atoms with van der Waals surface area (Å²) in [7, 11) is 0. The van der Waals surface area contributed by atoms with Crippen LogP contribution in [-0.2, 0) is 13.0 Å². The first kappa shape index (κ1) is 13.0. The smallest absolute Gasteiger partial charge is 0.251 e. The van der Waals surface area contributed by atoms with Gasteiger partial charge in [-0.2, -0.15) is 0 Å². The third-order valence-corrected chi connectivity index (χ3v) is 2.57. The Kier molecular flexibility index (Phi) is 4.09. The third kappa shape index (κ3) is 3.29. The molecule has 0 aromatic carbocycles. The van der Waals surface area contributed by atoms with Crippen LogP contribution in [0.4, 0.5) is 5.82 Å². The van der Waals surface area contributed by atoms with Crippen molar-refractivity contribution >= 4 is 11.7 Å². The molecule has 7 heteroatoms. The molecule has 0 unspecified atom stereocenters. The molecule has 0 saturated carbocycles. The van der Waals surface area contributed by atoms with Crippen LogP contribution in [0.2, 0.25) is 0 Å². The van der Waals surface area contributed by atoms with Gasteiger partial charge in [-0.05, 0) is 18.6 Å². The Morgan fingerprint density at radius 1 is 1.47 bits per heavy atom. The maximum atomic E-state index is 12.0. The number of nitrogen functional groups attached to an aromatic ring is 1. The van der Waals surface area contributed by atoms with Gasteiger partial charge >= 0.3 is 0 Å². The molecule has 100 valence electrons. The minimum Gasteiger partial charge on any atom is -0.360 e. The lowest BCUT2D eigenvalue weighted by Gasteiger charge is -2.07. The largest absolute Gasteiger partial charge is 0.360 e. The van der Waals surface area contributed by atoms with E-state index in [0.717, 1.165) is 12.1 Å². The fourth-order valence-corrected chi connectivity index (χ4v) is 1.58. The predicted molar refractivity (Wildman–Crippen MR) is 69.1 cm³/mol. The summed E-state index contributed by atoms with van der Waals surface area (Å²) in [5.41, 5.74) is 3.74. The Morgan fingerprint density at radius 3 is 2.95 bits per heavy atom. The van der Waals surface area contributed by atoms with E-state index in [4.69, 9.17) is 10.4 Å². The number of aromatic nitrogens is 2. The first-order valence-electron chi connectivity index (χ1n) is 5.88. The Hall–Kier alpha value is -2.41. The Morgan fingerprint density at radius 2 is 2.32 bits per heavy atom. The molecule has 0 aliphatic carbocycles. The lowest BCUT2D eigenvalue weighted by Crippen LogP contribution is -2.23. The van der Waals surface area contributed by atoms with Gasteiger partial charge in [-0.25, -0.2) is 10.8 Å². The number of nitrogens with zero attached hydrogens (tertiary/aromatic N) is 2. The number of pyridine rings is 1. The van der Waals surface area contributed by atoms with Crippen LogP contribution in [0.1, 0.15) is 28.7 Å². The maximum Gasteiger partial charge on any atom is 0.251 e. The zero-order valence-corrected chi connectivity index (χ0v) is 10.5. The number of nitrogens with one attached hydrogen (secondary N) is 2. The first-order valence-corrected chi connectivity index (χ1v) is 5.88. The number of hydrazine groups is 1. The van der Waals surface area contributed by atoms with Crippen molar-refractivity contribution in [3.8, 4) is 0 Å². The number of nitrogens with two attached hydrogens (primary N) is 1. The molecule has 0 spiro atoms. The fraction of sp³-hybridized carbons (Fsp3) is 0.250. The van der Waals surface area contributed by atoms with Crippen molar-refractivity contribution in [1.82, 2.24) is 15.5 Å². The van der Waals surface area contributed by atoms with E-state index in [1.165, 1.54) is 6.20 Å². The van der Waals surface area contributed by atoms with Crippen LogP contribution in [0, 0.1) is 0 Å². The van der Waals surface area contributed by atoms with E-state index in [-0.39, 0.29) is 12.5 Å². The molecular weight excluding hydrogens is 246 g/mol. The van der Waals surface area contributed by atoms with Gasteiger partial charge < -0.3 is 15.3 Å². The molecule has 0 radical (unpaired) electrons. The molecule has 2 aromatic heterocycles. The summed E-state index contributed by atoms with van der Waals surface area (Å²) < 4.78 is 4.90. The van der Waals surface area contributed by atoms with Gasteiger partial charge in [0.15, 0.2) is 5.76 Å². The number of anilines is 1. The number of hydrogen-bond donors (Lipinski definition) is 3. The number of aryl methyl sites for hydroxylation is 1. The van der Waals surface area contributed by atoms with Crippen molar-refractivity contribution in [2.45, 2.75) is 19.9 Å². The van der Waals surface area contributed by atoms with Crippen molar-refractivity contribution in [2.24, 2.45) is 5.84 Å². The molecule has 0 saturated heterocycles. The van der Waals surface area contributed by atoms with Crippen LogP contribution in [0.3, 0.4) is 0 Å². The second-order valence-corrected chi connectivity index (χ2v) is 3.89. The SMILES string of the molecule is CCc1cc(C(=O)NCc2ccno2)cc(NN)n1. The number of rotatable bonds is 5. The van der Waals surface area contributed by atoms with Gasteiger partial charge in [0.2, 0.25) is 0 Å². The highest BCUT2D eigenvalue weighted by Gasteiger charge is 2.09. The predicted octanol–water partition coefficient (Wildman–Crippen LogP) is 0.848. The fourth-order valence-electron chi connectivity index (χ4n) is 1.58. The van der Waals surface area contributed by atoms with Crippen LogP contribution in [0.15, 0.2) is 28.9 Å². The monoisotopic (exact) mass is 261 g/mol.